The first-order valence-electron chi connectivity index (χ1n) is 14.6. The molecular formula is C36H39NO5. The highest BCUT2D eigenvalue weighted by molar-refractivity contribution is 5.96. The number of rotatable bonds is 12. The highest BCUT2D eigenvalue weighted by atomic mass is 16.5. The Morgan fingerprint density at radius 2 is 1.38 bits per heavy atom. The van der Waals surface area contributed by atoms with Crippen molar-refractivity contribution in [2.75, 3.05) is 6.61 Å². The molecule has 1 aliphatic carbocycles. The molecule has 0 aliphatic heterocycles. The van der Waals surface area contributed by atoms with Crippen LogP contribution in [0.2, 0.25) is 0 Å². The molecular weight excluding hydrogens is 526 g/mol. The molecule has 218 valence electrons. The highest BCUT2D eigenvalue weighted by Gasteiger charge is 2.49. The van der Waals surface area contributed by atoms with Crippen LogP contribution in [-0.4, -0.2) is 39.8 Å². The maximum atomic E-state index is 13.7. The minimum absolute atomic E-state index is 0.171. The Kier molecular flexibility index (Phi) is 10.9. The van der Waals surface area contributed by atoms with Crippen molar-refractivity contribution in [3.8, 4) is 28.0 Å². The zero-order valence-electron chi connectivity index (χ0n) is 24.1. The summed E-state index contributed by atoms with van der Waals surface area (Å²) in [5.41, 5.74) is 4.84. The van der Waals surface area contributed by atoms with Crippen LogP contribution in [0.1, 0.15) is 61.4 Å². The molecule has 0 heterocycles. The van der Waals surface area contributed by atoms with Crippen LogP contribution in [0.15, 0.2) is 103 Å². The van der Waals surface area contributed by atoms with E-state index in [9.17, 15) is 9.90 Å². The number of unbranched alkanes of at least 4 members (excludes halogenated alkanes) is 3. The molecule has 0 radical (unpaired) electrons. The number of nitrogens with zero attached hydrogens (tertiary/aromatic N) is 1. The number of carbonyl (C=O) groups excluding carboxylic acids is 1. The van der Waals surface area contributed by atoms with Crippen molar-refractivity contribution in [1.82, 2.24) is 4.90 Å². The van der Waals surface area contributed by atoms with Gasteiger partial charge in [0.05, 0.1) is 13.2 Å². The van der Waals surface area contributed by atoms with Crippen molar-refractivity contribution in [2.24, 2.45) is 0 Å². The number of hydrogen-bond donors (Lipinski definition) is 2. The fourth-order valence-electron chi connectivity index (χ4n) is 5.00. The molecule has 0 aromatic heterocycles. The van der Waals surface area contributed by atoms with E-state index in [0.29, 0.717) is 31.6 Å². The molecule has 0 unspecified atom stereocenters. The molecule has 4 aromatic carbocycles. The fraction of sp³-hybridized carbons (Fsp3) is 0.278. The molecule has 1 saturated carbocycles. The van der Waals surface area contributed by atoms with Crippen LogP contribution in [0.25, 0.3) is 22.3 Å². The van der Waals surface area contributed by atoms with Crippen LogP contribution in [0.3, 0.4) is 0 Å². The normalized spacial score (nSPS) is 12.9. The van der Waals surface area contributed by atoms with Gasteiger partial charge in [0.1, 0.15) is 11.5 Å². The molecule has 42 heavy (non-hydrogen) atoms. The summed E-state index contributed by atoms with van der Waals surface area (Å²) in [4.78, 5) is 23.7. The second-order valence-electron chi connectivity index (χ2n) is 10.5. The summed E-state index contributed by atoms with van der Waals surface area (Å²) in [6, 6.07) is 34.2. The summed E-state index contributed by atoms with van der Waals surface area (Å²) in [6.45, 7) is 2.90. The van der Waals surface area contributed by atoms with E-state index in [1.807, 2.05) is 78.9 Å². The van der Waals surface area contributed by atoms with Crippen molar-refractivity contribution < 1.29 is 24.5 Å². The van der Waals surface area contributed by atoms with Gasteiger partial charge in [0.15, 0.2) is 0 Å². The lowest BCUT2D eigenvalue weighted by Crippen LogP contribution is -2.41. The number of carboxylic acid groups (broad SMARTS) is 1. The van der Waals surface area contributed by atoms with E-state index >= 15 is 0 Å². The van der Waals surface area contributed by atoms with Crippen molar-refractivity contribution >= 4 is 12.4 Å². The van der Waals surface area contributed by atoms with E-state index < -0.39 is 5.72 Å². The Labute approximate surface area is 248 Å². The third-order valence-electron chi connectivity index (χ3n) is 7.46. The summed E-state index contributed by atoms with van der Waals surface area (Å²) < 4.78 is 6.10. The Morgan fingerprint density at radius 1 is 0.810 bits per heavy atom. The number of hydrogen-bond acceptors (Lipinski definition) is 4. The lowest BCUT2D eigenvalue weighted by molar-refractivity contribution is -0.122. The van der Waals surface area contributed by atoms with E-state index in [1.165, 1.54) is 12.8 Å². The predicted molar refractivity (Wildman–Crippen MR) is 166 cm³/mol. The van der Waals surface area contributed by atoms with Gasteiger partial charge < -0.3 is 19.8 Å². The lowest BCUT2D eigenvalue weighted by atomic mass is 9.94. The van der Waals surface area contributed by atoms with Gasteiger partial charge in [-0.15, -0.1) is 0 Å². The molecule has 1 amide bonds. The van der Waals surface area contributed by atoms with Gasteiger partial charge in [0.2, 0.25) is 0 Å². The predicted octanol–water partition coefficient (Wildman–Crippen LogP) is 7.81. The monoisotopic (exact) mass is 565 g/mol. The highest BCUT2D eigenvalue weighted by Crippen LogP contribution is 2.41. The van der Waals surface area contributed by atoms with E-state index in [1.54, 1.807) is 4.90 Å². The van der Waals surface area contributed by atoms with E-state index in [-0.39, 0.29) is 12.4 Å². The smallest absolute Gasteiger partial charge is 0.290 e. The summed E-state index contributed by atoms with van der Waals surface area (Å²) in [7, 11) is 0. The van der Waals surface area contributed by atoms with Gasteiger partial charge in [-0.3, -0.25) is 9.59 Å². The van der Waals surface area contributed by atoms with Crippen LogP contribution < -0.4 is 4.74 Å². The number of benzene rings is 4. The zero-order valence-corrected chi connectivity index (χ0v) is 24.1. The number of para-hydroxylation sites is 1. The molecule has 1 aliphatic rings. The van der Waals surface area contributed by atoms with Crippen molar-refractivity contribution in [2.45, 2.75) is 57.7 Å². The number of ether oxygens (including phenoxy) is 1. The third-order valence-corrected chi connectivity index (χ3v) is 7.46. The van der Waals surface area contributed by atoms with Crippen LogP contribution in [0.5, 0.6) is 5.75 Å². The van der Waals surface area contributed by atoms with Gasteiger partial charge in [0.25, 0.3) is 12.4 Å². The van der Waals surface area contributed by atoms with Gasteiger partial charge in [-0.25, -0.2) is 0 Å². The van der Waals surface area contributed by atoms with Gasteiger partial charge in [-0.2, -0.15) is 0 Å². The summed E-state index contributed by atoms with van der Waals surface area (Å²) in [5, 5.41) is 18.0. The molecule has 0 spiro atoms. The Morgan fingerprint density at radius 3 is 2.00 bits per heavy atom. The van der Waals surface area contributed by atoms with Crippen LogP contribution >= 0.6 is 0 Å². The Hall–Kier alpha value is -4.42. The van der Waals surface area contributed by atoms with Gasteiger partial charge in [-0.1, -0.05) is 111 Å². The quantitative estimate of drug-likeness (QED) is 0.104. The summed E-state index contributed by atoms with van der Waals surface area (Å²) in [6.07, 6.45) is 5.72. The molecule has 6 nitrogen and oxygen atoms in total. The van der Waals surface area contributed by atoms with Gasteiger partial charge in [0, 0.05) is 11.1 Å². The topological polar surface area (TPSA) is 87.1 Å². The molecule has 4 aromatic rings. The largest absolute Gasteiger partial charge is 0.493 e. The Balaban J connectivity index is 0.00000129. The first-order valence-corrected chi connectivity index (χ1v) is 14.6. The summed E-state index contributed by atoms with van der Waals surface area (Å²) in [5.74, 6) is 0.611. The summed E-state index contributed by atoms with van der Waals surface area (Å²) >= 11 is 0. The zero-order chi connectivity index (χ0) is 29.8. The molecule has 1 fully saturated rings. The first kappa shape index (κ1) is 30.5. The van der Waals surface area contributed by atoms with Gasteiger partial charge in [-0.05, 0) is 59.7 Å². The standard InChI is InChI=1S/C35H37NO3.CH2O2/c1-2-3-4-12-25-39-33-18-11-8-15-30(33)26-36(35(38)23-24-35)34(37)29-21-19-28(20-22-29)32-17-10-9-16-31(32)27-13-6-5-7-14-27;2-1-3/h5-11,13-22,38H,2-4,12,23-26H2,1H3;1H,(H,2,3). The SMILES string of the molecule is CCCCCCOc1ccccc1CN(C(=O)c1ccc(-c2ccccc2-c2ccccc2)cc1)C1(O)CC1.O=CO. The minimum atomic E-state index is -1.11. The van der Waals surface area contributed by atoms with Crippen molar-refractivity contribution in [1.29, 1.82) is 0 Å². The maximum Gasteiger partial charge on any atom is 0.290 e. The number of carbonyl (C=O) groups is 2. The minimum Gasteiger partial charge on any atom is -0.493 e. The first-order chi connectivity index (χ1) is 20.5. The molecule has 0 bridgehead atoms. The van der Waals surface area contributed by atoms with E-state index in [0.717, 1.165) is 46.4 Å². The molecule has 6 heteroatoms. The van der Waals surface area contributed by atoms with Gasteiger partial charge >= 0.3 is 0 Å². The van der Waals surface area contributed by atoms with E-state index in [2.05, 4.69) is 31.2 Å². The third kappa shape index (κ3) is 7.86. The molecule has 0 atom stereocenters. The number of aliphatic hydroxyl groups is 1. The average molecular weight is 566 g/mol. The molecule has 2 N–H and O–H groups in total. The lowest BCUT2D eigenvalue weighted by Gasteiger charge is -2.29. The fourth-order valence-corrected chi connectivity index (χ4v) is 5.00. The van der Waals surface area contributed by atoms with Crippen LogP contribution in [0.4, 0.5) is 0 Å². The van der Waals surface area contributed by atoms with E-state index in [4.69, 9.17) is 14.6 Å². The van der Waals surface area contributed by atoms with Crippen molar-refractivity contribution in [3.63, 3.8) is 0 Å². The average Bonchev–Trinajstić information content (AvgIpc) is 3.78. The molecule has 0 saturated heterocycles. The number of amides is 1. The second-order valence-corrected chi connectivity index (χ2v) is 10.5. The Bertz CT molecular complexity index is 1430. The second kappa shape index (κ2) is 15.0. The maximum absolute atomic E-state index is 13.7. The van der Waals surface area contributed by atoms with Crippen molar-refractivity contribution in [3.05, 3.63) is 114 Å². The van der Waals surface area contributed by atoms with Crippen LogP contribution in [-0.2, 0) is 11.3 Å². The van der Waals surface area contributed by atoms with Crippen LogP contribution in [0, 0.1) is 0 Å². The molecule has 5 rings (SSSR count).